The molecule has 0 amide bonds. The van der Waals surface area contributed by atoms with Gasteiger partial charge in [-0.3, -0.25) is 0 Å². The lowest BCUT2D eigenvalue weighted by atomic mass is 10.1. The molecule has 1 aliphatic heterocycles. The van der Waals surface area contributed by atoms with Crippen molar-refractivity contribution >= 4 is 11.4 Å². The molecule has 1 aromatic carbocycles. The van der Waals surface area contributed by atoms with Crippen molar-refractivity contribution in [3.05, 3.63) is 23.8 Å². The summed E-state index contributed by atoms with van der Waals surface area (Å²) in [6, 6.07) is 3.20. The van der Waals surface area contributed by atoms with E-state index in [1.807, 2.05) is 0 Å². The van der Waals surface area contributed by atoms with Crippen molar-refractivity contribution in [1.29, 1.82) is 0 Å². The Bertz CT molecular complexity index is 431. The van der Waals surface area contributed by atoms with Crippen LogP contribution in [0, 0.1) is 0 Å². The van der Waals surface area contributed by atoms with Crippen LogP contribution < -0.4 is 10.6 Å². The number of anilines is 2. The lowest BCUT2D eigenvalue weighted by Crippen LogP contribution is -2.36. The maximum Gasteiger partial charge on any atom is 0.416 e. The van der Waals surface area contributed by atoms with Gasteiger partial charge >= 0.3 is 6.18 Å². The van der Waals surface area contributed by atoms with Crippen molar-refractivity contribution in [2.45, 2.75) is 25.2 Å². The van der Waals surface area contributed by atoms with Crippen LogP contribution in [0.1, 0.15) is 18.4 Å². The molecule has 1 heterocycles. The molecule has 0 radical (unpaired) electrons. The summed E-state index contributed by atoms with van der Waals surface area (Å²) in [5, 5.41) is 0. The van der Waals surface area contributed by atoms with E-state index in [0.717, 1.165) is 12.1 Å². The highest BCUT2D eigenvalue weighted by Crippen LogP contribution is 2.34. The predicted octanol–water partition coefficient (Wildman–Crippen LogP) is 3.23. The largest absolute Gasteiger partial charge is 0.416 e. The van der Waals surface area contributed by atoms with E-state index in [2.05, 4.69) is 0 Å². The summed E-state index contributed by atoms with van der Waals surface area (Å²) in [5.74, 6) is 0. The molecule has 1 atom stereocenters. The van der Waals surface area contributed by atoms with Gasteiger partial charge in [0.15, 0.2) is 0 Å². The van der Waals surface area contributed by atoms with Gasteiger partial charge in [0, 0.05) is 13.1 Å². The van der Waals surface area contributed by atoms with E-state index in [9.17, 15) is 17.6 Å². The normalized spacial score (nSPS) is 21.1. The van der Waals surface area contributed by atoms with Crippen LogP contribution in [0.4, 0.5) is 28.9 Å². The zero-order valence-electron chi connectivity index (χ0n) is 9.67. The van der Waals surface area contributed by atoms with Crippen LogP contribution in [-0.4, -0.2) is 19.3 Å². The third kappa shape index (κ3) is 2.68. The van der Waals surface area contributed by atoms with Crippen molar-refractivity contribution in [1.82, 2.24) is 0 Å². The van der Waals surface area contributed by atoms with Gasteiger partial charge in [0.25, 0.3) is 0 Å². The third-order valence-corrected chi connectivity index (χ3v) is 3.06. The van der Waals surface area contributed by atoms with Crippen molar-refractivity contribution in [2.24, 2.45) is 0 Å². The highest BCUT2D eigenvalue weighted by Gasteiger charge is 2.31. The molecule has 0 spiro atoms. The van der Waals surface area contributed by atoms with Gasteiger partial charge in [-0.2, -0.15) is 13.2 Å². The van der Waals surface area contributed by atoms with Gasteiger partial charge in [-0.15, -0.1) is 0 Å². The van der Waals surface area contributed by atoms with E-state index in [4.69, 9.17) is 5.73 Å². The smallest absolute Gasteiger partial charge is 0.397 e. The van der Waals surface area contributed by atoms with E-state index in [1.54, 1.807) is 4.90 Å². The van der Waals surface area contributed by atoms with Crippen molar-refractivity contribution < 1.29 is 17.6 Å². The molecule has 0 aromatic heterocycles. The number of rotatable bonds is 1. The van der Waals surface area contributed by atoms with E-state index in [-0.39, 0.29) is 12.2 Å². The minimum Gasteiger partial charge on any atom is -0.397 e. The zero-order valence-corrected chi connectivity index (χ0v) is 9.67. The number of benzene rings is 1. The summed E-state index contributed by atoms with van der Waals surface area (Å²) >= 11 is 0. The van der Waals surface area contributed by atoms with Gasteiger partial charge in [-0.1, -0.05) is 0 Å². The van der Waals surface area contributed by atoms with Gasteiger partial charge in [0.1, 0.15) is 6.17 Å². The Kier molecular flexibility index (Phi) is 3.36. The Labute approximate surface area is 102 Å². The van der Waals surface area contributed by atoms with E-state index >= 15 is 0 Å². The molecule has 100 valence electrons. The fraction of sp³-hybridized carbons (Fsp3) is 0.500. The van der Waals surface area contributed by atoms with Crippen LogP contribution in [0.3, 0.4) is 0 Å². The molecule has 1 saturated heterocycles. The highest BCUT2D eigenvalue weighted by atomic mass is 19.4. The van der Waals surface area contributed by atoms with Crippen LogP contribution in [0.15, 0.2) is 18.2 Å². The SMILES string of the molecule is Nc1cc(C(F)(F)F)ccc1N1CCC[C@@H](F)C1. The second-order valence-electron chi connectivity index (χ2n) is 4.46. The minimum absolute atomic E-state index is 0.0407. The van der Waals surface area contributed by atoms with Crippen LogP contribution in [0.2, 0.25) is 0 Å². The number of halogens is 4. The van der Waals surface area contributed by atoms with Crippen LogP contribution >= 0.6 is 0 Å². The molecule has 0 unspecified atom stereocenters. The molecule has 6 heteroatoms. The molecule has 0 bridgehead atoms. The summed E-state index contributed by atoms with van der Waals surface area (Å²) in [7, 11) is 0. The monoisotopic (exact) mass is 262 g/mol. The standard InChI is InChI=1S/C12H14F4N2/c13-9-2-1-5-18(7-9)11-4-3-8(6-10(11)17)12(14,15)16/h3-4,6,9H,1-2,5,7,17H2/t9-/m1/s1. The van der Waals surface area contributed by atoms with E-state index in [1.165, 1.54) is 6.07 Å². The number of hydrogen-bond donors (Lipinski definition) is 1. The third-order valence-electron chi connectivity index (χ3n) is 3.06. The number of nitrogens with two attached hydrogens (primary N) is 1. The van der Waals surface area contributed by atoms with Gasteiger partial charge in [-0.25, -0.2) is 4.39 Å². The van der Waals surface area contributed by atoms with Gasteiger partial charge in [0.2, 0.25) is 0 Å². The first-order valence-electron chi connectivity index (χ1n) is 5.73. The van der Waals surface area contributed by atoms with E-state index in [0.29, 0.717) is 25.1 Å². The number of piperidine rings is 1. The average Bonchev–Trinajstić information content (AvgIpc) is 2.27. The lowest BCUT2D eigenvalue weighted by Gasteiger charge is -2.32. The number of alkyl halides is 4. The Balaban J connectivity index is 2.24. The summed E-state index contributed by atoms with van der Waals surface area (Å²) in [5.41, 5.74) is 5.37. The Morgan fingerprint density at radius 2 is 2.00 bits per heavy atom. The maximum absolute atomic E-state index is 13.3. The quantitative estimate of drug-likeness (QED) is 0.622. The van der Waals surface area contributed by atoms with Crippen LogP contribution in [0.5, 0.6) is 0 Å². The molecule has 1 fully saturated rings. The van der Waals surface area contributed by atoms with Crippen molar-refractivity contribution in [3.63, 3.8) is 0 Å². The summed E-state index contributed by atoms with van der Waals surface area (Å²) in [6.07, 6.45) is -4.17. The van der Waals surface area contributed by atoms with Gasteiger partial charge in [-0.05, 0) is 31.0 Å². The summed E-state index contributed by atoms with van der Waals surface area (Å²) < 4.78 is 50.7. The fourth-order valence-electron chi connectivity index (χ4n) is 2.16. The molecule has 2 rings (SSSR count). The summed E-state index contributed by atoms with van der Waals surface area (Å²) in [6.45, 7) is 0.811. The molecule has 1 aliphatic rings. The highest BCUT2D eigenvalue weighted by molar-refractivity contribution is 5.69. The molecular formula is C12H14F4N2. The lowest BCUT2D eigenvalue weighted by molar-refractivity contribution is -0.137. The first kappa shape index (κ1) is 13.0. The van der Waals surface area contributed by atoms with Crippen molar-refractivity contribution in [2.75, 3.05) is 23.7 Å². The Morgan fingerprint density at radius 1 is 1.28 bits per heavy atom. The molecule has 1 aromatic rings. The zero-order chi connectivity index (χ0) is 13.3. The molecule has 0 aliphatic carbocycles. The number of nitrogen functional groups attached to an aromatic ring is 1. The second-order valence-corrected chi connectivity index (χ2v) is 4.46. The average molecular weight is 262 g/mol. The van der Waals surface area contributed by atoms with E-state index < -0.39 is 17.9 Å². The predicted molar refractivity (Wildman–Crippen MR) is 62.2 cm³/mol. The maximum atomic E-state index is 13.3. The molecule has 2 nitrogen and oxygen atoms in total. The molecular weight excluding hydrogens is 248 g/mol. The fourth-order valence-corrected chi connectivity index (χ4v) is 2.16. The van der Waals surface area contributed by atoms with Crippen molar-refractivity contribution in [3.8, 4) is 0 Å². The Hall–Kier alpha value is -1.46. The van der Waals surface area contributed by atoms with Crippen LogP contribution in [0.25, 0.3) is 0 Å². The van der Waals surface area contributed by atoms with Crippen LogP contribution in [-0.2, 0) is 6.18 Å². The molecule has 18 heavy (non-hydrogen) atoms. The minimum atomic E-state index is -4.41. The molecule has 2 N–H and O–H groups in total. The first-order chi connectivity index (χ1) is 8.38. The second kappa shape index (κ2) is 4.66. The van der Waals surface area contributed by atoms with Gasteiger partial charge in [0.05, 0.1) is 16.9 Å². The first-order valence-corrected chi connectivity index (χ1v) is 5.73. The number of hydrogen-bond acceptors (Lipinski definition) is 2. The molecule has 0 saturated carbocycles. The topological polar surface area (TPSA) is 29.3 Å². The number of nitrogens with zero attached hydrogens (tertiary/aromatic N) is 1. The summed E-state index contributed by atoms with van der Waals surface area (Å²) in [4.78, 5) is 1.70. The Morgan fingerprint density at radius 3 is 2.56 bits per heavy atom. The van der Waals surface area contributed by atoms with Gasteiger partial charge < -0.3 is 10.6 Å².